The van der Waals surface area contributed by atoms with Crippen LogP contribution < -0.4 is 5.48 Å². The second-order valence-electron chi connectivity index (χ2n) is 1.36. The first kappa shape index (κ1) is 6.88. The summed E-state index contributed by atoms with van der Waals surface area (Å²) in [4.78, 5) is 4.59. The second kappa shape index (κ2) is 4.05. The molecule has 1 unspecified atom stereocenters. The maximum absolute atomic E-state index is 8.52. The number of hydrogen-bond acceptors (Lipinski definition) is 3. The summed E-state index contributed by atoms with van der Waals surface area (Å²) in [6.45, 7) is 2.01. The van der Waals surface area contributed by atoms with Crippen LogP contribution in [-0.2, 0) is 4.84 Å². The molecule has 44 valence electrons. The molecule has 0 saturated heterocycles. The van der Waals surface area contributed by atoms with E-state index < -0.39 is 0 Å². The van der Waals surface area contributed by atoms with Gasteiger partial charge in [-0.25, -0.2) is 5.48 Å². The van der Waals surface area contributed by atoms with Gasteiger partial charge in [-0.2, -0.15) is 0 Å². The van der Waals surface area contributed by atoms with Crippen molar-refractivity contribution in [2.75, 3.05) is 13.7 Å². The van der Waals surface area contributed by atoms with Crippen LogP contribution >= 0.6 is 0 Å². The van der Waals surface area contributed by atoms with Crippen molar-refractivity contribution in [2.24, 2.45) is 0 Å². The van der Waals surface area contributed by atoms with Crippen LogP contribution in [0.5, 0.6) is 0 Å². The summed E-state index contributed by atoms with van der Waals surface area (Å²) in [5.74, 6) is 0. The fourth-order valence-corrected chi connectivity index (χ4v) is 0.204. The lowest BCUT2D eigenvalue weighted by atomic mass is 10.5. The van der Waals surface area contributed by atoms with Crippen LogP contribution in [0.4, 0.5) is 0 Å². The van der Waals surface area contributed by atoms with Gasteiger partial charge in [0, 0.05) is 7.05 Å². The molecule has 3 nitrogen and oxygen atoms in total. The highest BCUT2D eigenvalue weighted by Gasteiger charge is 1.90. The monoisotopic (exact) mass is 105 g/mol. The van der Waals surface area contributed by atoms with Crippen LogP contribution in [0.15, 0.2) is 0 Å². The number of nitrogens with one attached hydrogen (secondary N) is 1. The Morgan fingerprint density at radius 1 is 1.86 bits per heavy atom. The first-order valence-corrected chi connectivity index (χ1v) is 2.24. The molecule has 0 heterocycles. The third-order valence-corrected chi connectivity index (χ3v) is 0.469. The SMILES string of the molecule is CNOCC(C)O. The molecule has 0 aliphatic heterocycles. The van der Waals surface area contributed by atoms with E-state index in [0.29, 0.717) is 6.61 Å². The highest BCUT2D eigenvalue weighted by molar-refractivity contribution is 4.37. The van der Waals surface area contributed by atoms with Crippen molar-refractivity contribution in [3.63, 3.8) is 0 Å². The molecule has 0 amide bonds. The number of rotatable bonds is 3. The third-order valence-electron chi connectivity index (χ3n) is 0.469. The van der Waals surface area contributed by atoms with Crippen molar-refractivity contribution in [3.05, 3.63) is 0 Å². The Labute approximate surface area is 43.2 Å². The van der Waals surface area contributed by atoms with Gasteiger partial charge in [0.15, 0.2) is 0 Å². The minimum Gasteiger partial charge on any atom is -0.391 e. The lowest BCUT2D eigenvalue weighted by Gasteiger charge is -2.01. The minimum atomic E-state index is -0.382. The summed E-state index contributed by atoms with van der Waals surface area (Å²) in [5.41, 5.74) is 2.44. The highest BCUT2D eigenvalue weighted by atomic mass is 16.6. The van der Waals surface area contributed by atoms with Gasteiger partial charge < -0.3 is 5.11 Å². The molecule has 0 aromatic rings. The molecule has 0 aromatic heterocycles. The molecule has 0 aliphatic carbocycles. The zero-order valence-electron chi connectivity index (χ0n) is 4.64. The van der Waals surface area contributed by atoms with Gasteiger partial charge in [0.25, 0.3) is 0 Å². The van der Waals surface area contributed by atoms with Gasteiger partial charge in [-0.15, -0.1) is 0 Å². The van der Waals surface area contributed by atoms with E-state index in [1.165, 1.54) is 0 Å². The van der Waals surface area contributed by atoms with Crippen LogP contribution in [0.2, 0.25) is 0 Å². The van der Waals surface area contributed by atoms with Crippen LogP contribution in [0.25, 0.3) is 0 Å². The van der Waals surface area contributed by atoms with E-state index in [4.69, 9.17) is 5.11 Å². The predicted molar refractivity (Wildman–Crippen MR) is 26.7 cm³/mol. The molecule has 0 spiro atoms. The average Bonchev–Trinajstić information content (AvgIpc) is 1.61. The van der Waals surface area contributed by atoms with Crippen LogP contribution in [-0.4, -0.2) is 24.9 Å². The van der Waals surface area contributed by atoms with Crippen molar-refractivity contribution in [3.8, 4) is 0 Å². The van der Waals surface area contributed by atoms with E-state index in [1.54, 1.807) is 14.0 Å². The van der Waals surface area contributed by atoms with Crippen molar-refractivity contribution in [2.45, 2.75) is 13.0 Å². The fourth-order valence-electron chi connectivity index (χ4n) is 0.204. The Hall–Kier alpha value is -0.120. The molecular formula is C4H11NO2. The van der Waals surface area contributed by atoms with Crippen molar-refractivity contribution >= 4 is 0 Å². The van der Waals surface area contributed by atoms with Gasteiger partial charge in [0.2, 0.25) is 0 Å². The Bertz CT molecular complexity index is 38.7. The molecule has 0 bridgehead atoms. The summed E-state index contributed by atoms with van der Waals surface area (Å²) in [5, 5.41) is 8.52. The van der Waals surface area contributed by atoms with E-state index in [9.17, 15) is 0 Å². The van der Waals surface area contributed by atoms with Gasteiger partial charge in [-0.05, 0) is 6.92 Å². The molecule has 3 heteroatoms. The number of hydroxylamine groups is 1. The van der Waals surface area contributed by atoms with Gasteiger partial charge in [0.05, 0.1) is 12.7 Å². The average molecular weight is 105 g/mol. The van der Waals surface area contributed by atoms with E-state index in [0.717, 1.165) is 0 Å². The summed E-state index contributed by atoms with van der Waals surface area (Å²) in [7, 11) is 1.66. The molecule has 0 fully saturated rings. The summed E-state index contributed by atoms with van der Waals surface area (Å²) < 4.78 is 0. The lowest BCUT2D eigenvalue weighted by Crippen LogP contribution is -2.17. The summed E-state index contributed by atoms with van der Waals surface area (Å²) in [6.07, 6.45) is -0.382. The Morgan fingerprint density at radius 3 is 2.57 bits per heavy atom. The van der Waals surface area contributed by atoms with Crippen LogP contribution in [0.1, 0.15) is 6.92 Å². The molecule has 0 saturated carbocycles. The van der Waals surface area contributed by atoms with Crippen molar-refractivity contribution < 1.29 is 9.94 Å². The van der Waals surface area contributed by atoms with Gasteiger partial charge in [-0.3, -0.25) is 4.84 Å². The van der Waals surface area contributed by atoms with Crippen LogP contribution in [0, 0.1) is 0 Å². The fraction of sp³-hybridized carbons (Fsp3) is 1.00. The second-order valence-corrected chi connectivity index (χ2v) is 1.36. The van der Waals surface area contributed by atoms with E-state index in [-0.39, 0.29) is 6.10 Å². The third kappa shape index (κ3) is 5.88. The molecule has 0 rings (SSSR count). The van der Waals surface area contributed by atoms with E-state index in [1.807, 2.05) is 0 Å². The zero-order chi connectivity index (χ0) is 5.70. The normalized spacial score (nSPS) is 14.1. The number of aliphatic hydroxyl groups excluding tert-OH is 1. The molecule has 1 atom stereocenters. The molecular weight excluding hydrogens is 94.0 g/mol. The lowest BCUT2D eigenvalue weighted by molar-refractivity contribution is -0.00191. The van der Waals surface area contributed by atoms with Gasteiger partial charge in [-0.1, -0.05) is 0 Å². The van der Waals surface area contributed by atoms with E-state index in [2.05, 4.69) is 10.3 Å². The highest BCUT2D eigenvalue weighted by Crippen LogP contribution is 1.75. The largest absolute Gasteiger partial charge is 0.391 e. The number of hydrogen-bond donors (Lipinski definition) is 2. The number of aliphatic hydroxyl groups is 1. The summed E-state index contributed by atoms with van der Waals surface area (Å²) >= 11 is 0. The summed E-state index contributed by atoms with van der Waals surface area (Å²) in [6, 6.07) is 0. The minimum absolute atomic E-state index is 0.344. The predicted octanol–water partition coefficient (Wildman–Crippen LogP) is -0.482. The smallest absolute Gasteiger partial charge is 0.0938 e. The van der Waals surface area contributed by atoms with Gasteiger partial charge >= 0.3 is 0 Å². The standard InChI is InChI=1S/C4H11NO2/c1-4(6)3-7-5-2/h4-6H,3H2,1-2H3. The van der Waals surface area contributed by atoms with Crippen molar-refractivity contribution in [1.29, 1.82) is 0 Å². The molecule has 7 heavy (non-hydrogen) atoms. The molecule has 2 N–H and O–H groups in total. The first-order valence-electron chi connectivity index (χ1n) is 2.24. The Morgan fingerprint density at radius 2 is 2.43 bits per heavy atom. The van der Waals surface area contributed by atoms with Crippen LogP contribution in [0.3, 0.4) is 0 Å². The molecule has 0 aliphatic rings. The van der Waals surface area contributed by atoms with E-state index >= 15 is 0 Å². The zero-order valence-corrected chi connectivity index (χ0v) is 4.64. The Balaban J connectivity index is 2.68. The molecule has 0 aromatic carbocycles. The quantitative estimate of drug-likeness (QED) is 0.476. The maximum atomic E-state index is 8.52. The van der Waals surface area contributed by atoms with Crippen molar-refractivity contribution in [1.82, 2.24) is 5.48 Å². The topological polar surface area (TPSA) is 41.5 Å². The first-order chi connectivity index (χ1) is 3.27. The van der Waals surface area contributed by atoms with Gasteiger partial charge in [0.1, 0.15) is 0 Å². The maximum Gasteiger partial charge on any atom is 0.0938 e. The molecule has 0 radical (unpaired) electrons. The Kier molecular flexibility index (Phi) is 3.98.